The molecule has 0 aliphatic carbocycles. The van der Waals surface area contributed by atoms with Crippen molar-refractivity contribution >= 4 is 0 Å². The van der Waals surface area contributed by atoms with Crippen molar-refractivity contribution in [2.24, 2.45) is 5.73 Å². The first-order chi connectivity index (χ1) is 10.0. The van der Waals surface area contributed by atoms with Crippen molar-refractivity contribution < 1.29 is 13.5 Å². The highest BCUT2D eigenvalue weighted by molar-refractivity contribution is 5.39. The van der Waals surface area contributed by atoms with E-state index >= 15 is 0 Å². The SMILES string of the molecule is C[C@H](N)c1ccc(F)cc1OCc1cc(F)ccc1C#N. The van der Waals surface area contributed by atoms with E-state index in [0.717, 1.165) is 0 Å². The topological polar surface area (TPSA) is 59.0 Å². The zero-order valence-electron chi connectivity index (χ0n) is 11.4. The van der Waals surface area contributed by atoms with E-state index in [0.29, 0.717) is 16.7 Å². The van der Waals surface area contributed by atoms with Crippen molar-refractivity contribution in [3.05, 3.63) is 64.7 Å². The van der Waals surface area contributed by atoms with Gasteiger partial charge in [0.05, 0.1) is 11.6 Å². The van der Waals surface area contributed by atoms with Crippen LogP contribution in [0.15, 0.2) is 36.4 Å². The van der Waals surface area contributed by atoms with Crippen molar-refractivity contribution in [1.29, 1.82) is 5.26 Å². The summed E-state index contributed by atoms with van der Waals surface area (Å²) in [6.07, 6.45) is 0. The van der Waals surface area contributed by atoms with Gasteiger partial charge >= 0.3 is 0 Å². The Labute approximate surface area is 121 Å². The molecule has 0 amide bonds. The van der Waals surface area contributed by atoms with Crippen LogP contribution in [0, 0.1) is 23.0 Å². The van der Waals surface area contributed by atoms with Gasteiger partial charge < -0.3 is 10.5 Å². The lowest BCUT2D eigenvalue weighted by molar-refractivity contribution is 0.299. The van der Waals surface area contributed by atoms with Crippen LogP contribution in [0.3, 0.4) is 0 Å². The lowest BCUT2D eigenvalue weighted by atomic mass is 10.1. The molecule has 0 spiro atoms. The van der Waals surface area contributed by atoms with Gasteiger partial charge in [0, 0.05) is 23.2 Å². The number of hydrogen-bond donors (Lipinski definition) is 1. The highest BCUT2D eigenvalue weighted by atomic mass is 19.1. The molecule has 2 N–H and O–H groups in total. The highest BCUT2D eigenvalue weighted by Crippen LogP contribution is 2.26. The fourth-order valence-electron chi connectivity index (χ4n) is 1.96. The van der Waals surface area contributed by atoms with Crippen LogP contribution < -0.4 is 10.5 Å². The molecule has 0 heterocycles. The molecule has 5 heteroatoms. The summed E-state index contributed by atoms with van der Waals surface area (Å²) in [6, 6.07) is 9.52. The van der Waals surface area contributed by atoms with E-state index in [1.165, 1.54) is 30.3 Å². The van der Waals surface area contributed by atoms with Gasteiger partial charge in [-0.3, -0.25) is 0 Å². The quantitative estimate of drug-likeness (QED) is 0.937. The number of rotatable bonds is 4. The van der Waals surface area contributed by atoms with E-state index in [1.807, 2.05) is 6.07 Å². The molecule has 0 saturated carbocycles. The lowest BCUT2D eigenvalue weighted by Gasteiger charge is -2.14. The molecule has 2 aromatic carbocycles. The van der Waals surface area contributed by atoms with Gasteiger partial charge in [0.1, 0.15) is 24.0 Å². The third-order valence-electron chi connectivity index (χ3n) is 3.04. The van der Waals surface area contributed by atoms with E-state index in [4.69, 9.17) is 15.7 Å². The van der Waals surface area contributed by atoms with Gasteiger partial charge in [-0.05, 0) is 31.2 Å². The van der Waals surface area contributed by atoms with Gasteiger partial charge in [0.15, 0.2) is 0 Å². The smallest absolute Gasteiger partial charge is 0.127 e. The van der Waals surface area contributed by atoms with E-state index in [9.17, 15) is 8.78 Å². The van der Waals surface area contributed by atoms with Crippen LogP contribution in [0.5, 0.6) is 5.75 Å². The van der Waals surface area contributed by atoms with Crippen LogP contribution in [0.4, 0.5) is 8.78 Å². The number of halogens is 2. The van der Waals surface area contributed by atoms with Gasteiger partial charge in [-0.1, -0.05) is 6.07 Å². The minimum Gasteiger partial charge on any atom is -0.488 e. The van der Waals surface area contributed by atoms with Crippen LogP contribution in [-0.4, -0.2) is 0 Å². The number of hydrogen-bond acceptors (Lipinski definition) is 3. The first kappa shape index (κ1) is 14.9. The first-order valence-corrected chi connectivity index (χ1v) is 6.37. The van der Waals surface area contributed by atoms with E-state index in [2.05, 4.69) is 0 Å². The fraction of sp³-hybridized carbons (Fsp3) is 0.188. The number of nitriles is 1. The minimum atomic E-state index is -0.459. The Balaban J connectivity index is 2.26. The monoisotopic (exact) mass is 288 g/mol. The second kappa shape index (κ2) is 6.33. The molecule has 2 rings (SSSR count). The summed E-state index contributed by atoms with van der Waals surface area (Å²) in [4.78, 5) is 0. The van der Waals surface area contributed by atoms with Crippen LogP contribution in [-0.2, 0) is 6.61 Å². The molecule has 0 aromatic heterocycles. The molecular formula is C16H14F2N2O. The van der Waals surface area contributed by atoms with E-state index < -0.39 is 11.6 Å². The molecule has 108 valence electrons. The van der Waals surface area contributed by atoms with Gasteiger partial charge in [0.25, 0.3) is 0 Å². The van der Waals surface area contributed by atoms with Crippen LogP contribution in [0.2, 0.25) is 0 Å². The van der Waals surface area contributed by atoms with Crippen LogP contribution in [0.25, 0.3) is 0 Å². The Hall–Kier alpha value is -2.45. The standard InChI is InChI=1S/C16H14F2N2O/c1-10(20)15-5-4-14(18)7-16(15)21-9-12-6-13(17)3-2-11(12)8-19/h2-7,10H,9,20H2,1H3/t10-/m0/s1. The zero-order chi connectivity index (χ0) is 15.4. The molecule has 0 fully saturated rings. The molecule has 0 radical (unpaired) electrons. The van der Waals surface area contributed by atoms with Crippen molar-refractivity contribution in [3.63, 3.8) is 0 Å². The first-order valence-electron chi connectivity index (χ1n) is 6.37. The molecule has 0 aliphatic rings. The molecule has 21 heavy (non-hydrogen) atoms. The Morgan fingerprint density at radius 1 is 1.19 bits per heavy atom. The second-order valence-corrected chi connectivity index (χ2v) is 4.67. The summed E-state index contributed by atoms with van der Waals surface area (Å²) in [5.74, 6) is -0.619. The van der Waals surface area contributed by atoms with Crippen molar-refractivity contribution in [1.82, 2.24) is 0 Å². The minimum absolute atomic E-state index is 0.0379. The molecule has 0 bridgehead atoms. The number of ether oxygens (including phenoxy) is 1. The predicted octanol–water partition coefficient (Wildman–Crippen LogP) is 3.44. The van der Waals surface area contributed by atoms with Gasteiger partial charge in [-0.2, -0.15) is 5.26 Å². The Morgan fingerprint density at radius 3 is 2.52 bits per heavy atom. The van der Waals surface area contributed by atoms with Crippen molar-refractivity contribution in [3.8, 4) is 11.8 Å². The van der Waals surface area contributed by atoms with E-state index in [1.54, 1.807) is 13.0 Å². The molecule has 3 nitrogen and oxygen atoms in total. The maximum Gasteiger partial charge on any atom is 0.127 e. The molecular weight excluding hydrogens is 274 g/mol. The normalized spacial score (nSPS) is 11.8. The zero-order valence-corrected chi connectivity index (χ0v) is 11.4. The Morgan fingerprint density at radius 2 is 1.86 bits per heavy atom. The van der Waals surface area contributed by atoms with Gasteiger partial charge in [-0.15, -0.1) is 0 Å². The number of nitrogens with zero attached hydrogens (tertiary/aromatic N) is 1. The maximum absolute atomic E-state index is 13.3. The predicted molar refractivity (Wildman–Crippen MR) is 74.4 cm³/mol. The summed E-state index contributed by atoms with van der Waals surface area (Å²) in [5.41, 5.74) is 7.16. The van der Waals surface area contributed by atoms with Gasteiger partial charge in [0.2, 0.25) is 0 Å². The highest BCUT2D eigenvalue weighted by Gasteiger charge is 2.11. The second-order valence-electron chi connectivity index (χ2n) is 4.67. The largest absolute Gasteiger partial charge is 0.488 e. The number of benzene rings is 2. The molecule has 2 aromatic rings. The van der Waals surface area contributed by atoms with Crippen molar-refractivity contribution in [2.45, 2.75) is 19.6 Å². The summed E-state index contributed by atoms with van der Waals surface area (Å²) in [7, 11) is 0. The van der Waals surface area contributed by atoms with Crippen molar-refractivity contribution in [2.75, 3.05) is 0 Å². The average Bonchev–Trinajstić information content (AvgIpc) is 2.45. The fourth-order valence-corrected chi connectivity index (χ4v) is 1.96. The summed E-state index contributed by atoms with van der Waals surface area (Å²) < 4.78 is 32.1. The number of nitrogens with two attached hydrogens (primary N) is 1. The Bertz CT molecular complexity index is 693. The van der Waals surface area contributed by atoms with E-state index in [-0.39, 0.29) is 18.4 Å². The van der Waals surface area contributed by atoms with Gasteiger partial charge in [-0.25, -0.2) is 8.78 Å². The summed E-state index contributed by atoms with van der Waals surface area (Å²) >= 11 is 0. The molecule has 0 saturated heterocycles. The molecule has 1 atom stereocenters. The van der Waals surface area contributed by atoms with Crippen LogP contribution >= 0.6 is 0 Å². The molecule has 0 unspecified atom stereocenters. The summed E-state index contributed by atoms with van der Waals surface area (Å²) in [5, 5.41) is 8.99. The summed E-state index contributed by atoms with van der Waals surface area (Å²) in [6.45, 7) is 1.72. The Kier molecular flexibility index (Phi) is 4.51. The third kappa shape index (κ3) is 3.56. The maximum atomic E-state index is 13.3. The molecule has 0 aliphatic heterocycles. The third-order valence-corrected chi connectivity index (χ3v) is 3.04. The lowest BCUT2D eigenvalue weighted by Crippen LogP contribution is -2.09. The average molecular weight is 288 g/mol. The van der Waals surface area contributed by atoms with Crippen LogP contribution in [0.1, 0.15) is 29.7 Å².